The van der Waals surface area contributed by atoms with Crippen molar-refractivity contribution in [3.05, 3.63) is 45.8 Å². The topological polar surface area (TPSA) is 92.4 Å². The summed E-state index contributed by atoms with van der Waals surface area (Å²) >= 11 is 1.29. The maximum Gasteiger partial charge on any atom is 0.221 e. The molecule has 0 saturated heterocycles. The van der Waals surface area contributed by atoms with Gasteiger partial charge in [0.2, 0.25) is 5.91 Å². The highest BCUT2D eigenvalue weighted by Gasteiger charge is 2.21. The molecule has 5 nitrogen and oxygen atoms in total. The van der Waals surface area contributed by atoms with Crippen molar-refractivity contribution in [1.29, 1.82) is 0 Å². The molecular weight excluding hydrogens is 288 g/mol. The van der Waals surface area contributed by atoms with Crippen LogP contribution in [0.1, 0.15) is 33.3 Å². The van der Waals surface area contributed by atoms with E-state index in [1.807, 2.05) is 6.92 Å². The predicted molar refractivity (Wildman–Crippen MR) is 83.6 cm³/mol. The van der Waals surface area contributed by atoms with Crippen molar-refractivity contribution in [2.24, 2.45) is 0 Å². The number of hydrogen-bond donors (Lipinski definition) is 3. The fourth-order valence-electron chi connectivity index (χ4n) is 2.09. The van der Waals surface area contributed by atoms with E-state index in [1.54, 1.807) is 24.3 Å². The number of hydrogen-bond acceptors (Lipinski definition) is 5. The van der Waals surface area contributed by atoms with Gasteiger partial charge in [-0.05, 0) is 31.2 Å². The largest absolute Gasteiger partial charge is 0.392 e. The van der Waals surface area contributed by atoms with Gasteiger partial charge < -0.3 is 16.2 Å². The lowest BCUT2D eigenvalue weighted by molar-refractivity contribution is -0.114. The molecule has 0 spiro atoms. The van der Waals surface area contributed by atoms with Crippen LogP contribution in [-0.4, -0.2) is 16.8 Å². The highest BCUT2D eigenvalue weighted by Crippen LogP contribution is 2.32. The lowest BCUT2D eigenvalue weighted by Crippen LogP contribution is -2.08. The Morgan fingerprint density at radius 3 is 2.43 bits per heavy atom. The van der Waals surface area contributed by atoms with E-state index in [9.17, 15) is 14.7 Å². The summed E-state index contributed by atoms with van der Waals surface area (Å²) in [6, 6.07) is 6.56. The van der Waals surface area contributed by atoms with E-state index in [2.05, 4.69) is 5.32 Å². The summed E-state index contributed by atoms with van der Waals surface area (Å²) in [4.78, 5) is 24.3. The first-order valence-corrected chi connectivity index (χ1v) is 7.16. The van der Waals surface area contributed by atoms with Crippen LogP contribution >= 0.6 is 11.3 Å². The van der Waals surface area contributed by atoms with Crippen molar-refractivity contribution in [2.75, 3.05) is 11.1 Å². The summed E-state index contributed by atoms with van der Waals surface area (Å²) in [5, 5.41) is 12.4. The molecule has 0 atom stereocenters. The minimum absolute atomic E-state index is 0.172. The first kappa shape index (κ1) is 15.2. The Morgan fingerprint density at radius 1 is 1.29 bits per heavy atom. The molecule has 0 unspecified atom stereocenters. The molecule has 6 heteroatoms. The number of carbonyl (C=O) groups is 2. The first-order valence-electron chi connectivity index (χ1n) is 6.35. The van der Waals surface area contributed by atoms with Crippen LogP contribution in [0, 0.1) is 6.92 Å². The summed E-state index contributed by atoms with van der Waals surface area (Å²) in [6.07, 6.45) is 0. The highest BCUT2D eigenvalue weighted by molar-refractivity contribution is 7.16. The van der Waals surface area contributed by atoms with Gasteiger partial charge in [0.1, 0.15) is 0 Å². The monoisotopic (exact) mass is 304 g/mol. The Morgan fingerprint density at radius 2 is 1.90 bits per heavy atom. The molecule has 0 bridgehead atoms. The summed E-state index contributed by atoms with van der Waals surface area (Å²) in [5.74, 6) is -0.398. The van der Waals surface area contributed by atoms with Crippen molar-refractivity contribution >= 4 is 33.7 Å². The highest BCUT2D eigenvalue weighted by atomic mass is 32.1. The quantitative estimate of drug-likeness (QED) is 0.756. The fourth-order valence-corrected chi connectivity index (χ4v) is 3.03. The van der Waals surface area contributed by atoms with Crippen LogP contribution in [0.2, 0.25) is 0 Å². The maximum atomic E-state index is 12.5. The molecule has 1 amide bonds. The summed E-state index contributed by atoms with van der Waals surface area (Å²) < 4.78 is 0. The van der Waals surface area contributed by atoms with E-state index in [-0.39, 0.29) is 18.3 Å². The summed E-state index contributed by atoms with van der Waals surface area (Å²) in [6.45, 7) is 3.02. The molecule has 0 saturated carbocycles. The fraction of sp³-hybridized carbons (Fsp3) is 0.200. The SMILES string of the molecule is CC(=O)Nc1ccc(C(=O)c2c(N)sc(C)c2CO)cc1. The van der Waals surface area contributed by atoms with Crippen LogP contribution in [0.25, 0.3) is 0 Å². The number of anilines is 2. The number of nitrogens with one attached hydrogen (secondary N) is 1. The van der Waals surface area contributed by atoms with Crippen molar-refractivity contribution in [2.45, 2.75) is 20.5 Å². The Kier molecular flexibility index (Phi) is 4.40. The van der Waals surface area contributed by atoms with Gasteiger partial charge in [-0.3, -0.25) is 9.59 Å². The molecule has 110 valence electrons. The first-order chi connectivity index (χ1) is 9.93. The van der Waals surface area contributed by atoms with Crippen LogP contribution in [0.15, 0.2) is 24.3 Å². The number of ketones is 1. The van der Waals surface area contributed by atoms with E-state index in [4.69, 9.17) is 5.73 Å². The van der Waals surface area contributed by atoms with Crippen LogP contribution in [-0.2, 0) is 11.4 Å². The van der Waals surface area contributed by atoms with E-state index in [0.717, 1.165) is 4.88 Å². The molecule has 0 aliphatic heterocycles. The molecule has 0 aliphatic rings. The van der Waals surface area contributed by atoms with Gasteiger partial charge >= 0.3 is 0 Å². The number of aliphatic hydroxyl groups is 1. The second kappa shape index (κ2) is 6.07. The second-order valence-corrected chi connectivity index (χ2v) is 5.88. The average Bonchev–Trinajstić information content (AvgIpc) is 2.72. The predicted octanol–water partition coefficient (Wildman–Crippen LogP) is 2.32. The van der Waals surface area contributed by atoms with Gasteiger partial charge in [-0.1, -0.05) is 0 Å². The van der Waals surface area contributed by atoms with Crippen LogP contribution in [0.5, 0.6) is 0 Å². The van der Waals surface area contributed by atoms with Gasteiger partial charge in [0.15, 0.2) is 5.78 Å². The third-order valence-corrected chi connectivity index (χ3v) is 4.07. The molecule has 1 aromatic heterocycles. The Labute approximate surface area is 126 Å². The number of nitrogen functional groups attached to an aromatic ring is 1. The molecule has 1 aromatic carbocycles. The Balaban J connectivity index is 2.34. The average molecular weight is 304 g/mol. The number of thiophene rings is 1. The number of aryl methyl sites for hydroxylation is 1. The second-order valence-electron chi connectivity index (χ2n) is 4.62. The molecule has 4 N–H and O–H groups in total. The van der Waals surface area contributed by atoms with Gasteiger partial charge in [-0.15, -0.1) is 11.3 Å². The van der Waals surface area contributed by atoms with E-state index >= 15 is 0 Å². The Bertz CT molecular complexity index is 690. The minimum atomic E-state index is -0.227. The van der Waals surface area contributed by atoms with E-state index < -0.39 is 0 Å². The third kappa shape index (κ3) is 3.12. The molecule has 2 aromatic rings. The van der Waals surface area contributed by atoms with Gasteiger partial charge in [0, 0.05) is 28.6 Å². The number of benzene rings is 1. The summed E-state index contributed by atoms with van der Waals surface area (Å²) in [5.41, 5.74) is 7.91. The number of nitrogens with two attached hydrogens (primary N) is 1. The van der Waals surface area contributed by atoms with Gasteiger partial charge in [0.05, 0.1) is 17.2 Å². The smallest absolute Gasteiger partial charge is 0.221 e. The van der Waals surface area contributed by atoms with Crippen molar-refractivity contribution < 1.29 is 14.7 Å². The number of carbonyl (C=O) groups excluding carboxylic acids is 2. The van der Waals surface area contributed by atoms with Crippen molar-refractivity contribution in [3.8, 4) is 0 Å². The van der Waals surface area contributed by atoms with Crippen LogP contribution in [0.3, 0.4) is 0 Å². The number of amides is 1. The minimum Gasteiger partial charge on any atom is -0.392 e. The Hall–Kier alpha value is -2.18. The lowest BCUT2D eigenvalue weighted by Gasteiger charge is -2.06. The van der Waals surface area contributed by atoms with Crippen molar-refractivity contribution in [3.63, 3.8) is 0 Å². The van der Waals surface area contributed by atoms with Gasteiger partial charge in [0.25, 0.3) is 0 Å². The molecule has 2 rings (SSSR count). The molecule has 0 aliphatic carbocycles. The van der Waals surface area contributed by atoms with Gasteiger partial charge in [-0.2, -0.15) is 0 Å². The van der Waals surface area contributed by atoms with Crippen LogP contribution in [0.4, 0.5) is 10.7 Å². The summed E-state index contributed by atoms with van der Waals surface area (Å²) in [7, 11) is 0. The maximum absolute atomic E-state index is 12.5. The van der Waals surface area contributed by atoms with E-state index in [1.165, 1.54) is 18.3 Å². The lowest BCUT2D eigenvalue weighted by atomic mass is 10.0. The normalized spacial score (nSPS) is 10.4. The molecule has 1 heterocycles. The van der Waals surface area contributed by atoms with Crippen LogP contribution < -0.4 is 11.1 Å². The van der Waals surface area contributed by atoms with E-state index in [0.29, 0.717) is 27.4 Å². The standard InChI is InChI=1S/C15H16N2O3S/c1-8-12(7-18)13(15(16)21-8)14(20)10-3-5-11(6-4-10)17-9(2)19/h3-6,18H,7,16H2,1-2H3,(H,17,19). The zero-order valence-corrected chi connectivity index (χ0v) is 12.6. The zero-order chi connectivity index (χ0) is 15.6. The zero-order valence-electron chi connectivity index (χ0n) is 11.8. The third-order valence-electron chi connectivity index (χ3n) is 3.09. The molecule has 21 heavy (non-hydrogen) atoms. The molecule has 0 fully saturated rings. The molecular formula is C15H16N2O3S. The number of aliphatic hydroxyl groups excluding tert-OH is 1. The number of rotatable bonds is 4. The molecule has 0 radical (unpaired) electrons. The van der Waals surface area contributed by atoms with Crippen molar-refractivity contribution in [1.82, 2.24) is 0 Å². The van der Waals surface area contributed by atoms with Gasteiger partial charge in [-0.25, -0.2) is 0 Å².